The van der Waals surface area contributed by atoms with Gasteiger partial charge in [-0.3, -0.25) is 9.59 Å². The molecule has 0 unspecified atom stereocenters. The number of benzene rings is 1. The molecule has 4 amide bonds. The molecule has 1 saturated heterocycles. The number of hydrogen-bond donors (Lipinski definition) is 1. The smallest absolute Gasteiger partial charge is 0.321 e. The molecule has 1 N–H and O–H groups in total. The maximum atomic E-state index is 12.9. The molecule has 2 heterocycles. The summed E-state index contributed by atoms with van der Waals surface area (Å²) in [4.78, 5) is 43.1. The molecule has 1 saturated carbocycles. The van der Waals surface area contributed by atoms with Crippen molar-refractivity contribution in [1.29, 1.82) is 0 Å². The van der Waals surface area contributed by atoms with Crippen molar-refractivity contribution in [1.82, 2.24) is 14.7 Å². The van der Waals surface area contributed by atoms with Gasteiger partial charge in [-0.15, -0.1) is 0 Å². The summed E-state index contributed by atoms with van der Waals surface area (Å²) in [7, 11) is 1.83. The van der Waals surface area contributed by atoms with Gasteiger partial charge in [-0.25, -0.2) is 4.79 Å². The summed E-state index contributed by atoms with van der Waals surface area (Å²) < 4.78 is 5.16. The van der Waals surface area contributed by atoms with Gasteiger partial charge in [0.15, 0.2) is 5.76 Å². The van der Waals surface area contributed by atoms with Crippen molar-refractivity contribution in [3.8, 4) is 0 Å². The van der Waals surface area contributed by atoms with Gasteiger partial charge in [-0.2, -0.15) is 0 Å². The number of carbonyl (C=O) groups excluding carboxylic acids is 3. The first-order valence-corrected chi connectivity index (χ1v) is 11.8. The number of nitrogens with one attached hydrogen (secondary N) is 1. The van der Waals surface area contributed by atoms with Crippen LogP contribution in [0, 0.1) is 0 Å². The number of rotatable bonds is 4. The predicted molar refractivity (Wildman–Crippen MR) is 126 cm³/mol. The van der Waals surface area contributed by atoms with Crippen molar-refractivity contribution >= 4 is 35.1 Å². The van der Waals surface area contributed by atoms with E-state index >= 15 is 0 Å². The lowest BCUT2D eigenvalue weighted by atomic mass is 9.94. The maximum absolute atomic E-state index is 12.9. The Bertz CT molecular complexity index is 996. The highest BCUT2D eigenvalue weighted by Gasteiger charge is 2.27. The van der Waals surface area contributed by atoms with Crippen molar-refractivity contribution in [3.05, 3.63) is 52.9 Å². The topological polar surface area (TPSA) is 86.1 Å². The van der Waals surface area contributed by atoms with Crippen LogP contribution in [0.1, 0.15) is 53.0 Å². The maximum Gasteiger partial charge on any atom is 0.321 e. The van der Waals surface area contributed by atoms with Crippen LogP contribution in [0.4, 0.5) is 10.5 Å². The number of carbonyl (C=O) groups is 3. The van der Waals surface area contributed by atoms with E-state index in [9.17, 15) is 14.4 Å². The van der Waals surface area contributed by atoms with Crippen LogP contribution in [0.5, 0.6) is 0 Å². The fraction of sp³-hybridized carbons (Fsp3) is 0.458. The molecule has 1 aromatic carbocycles. The Balaban J connectivity index is 1.32. The van der Waals surface area contributed by atoms with E-state index in [1.54, 1.807) is 45.0 Å². The fourth-order valence-electron chi connectivity index (χ4n) is 4.46. The zero-order valence-corrected chi connectivity index (χ0v) is 19.5. The second-order valence-corrected chi connectivity index (χ2v) is 9.00. The van der Waals surface area contributed by atoms with Gasteiger partial charge in [-0.1, -0.05) is 30.9 Å². The first kappa shape index (κ1) is 23.2. The Labute approximate surface area is 198 Å². The van der Waals surface area contributed by atoms with E-state index in [2.05, 4.69) is 5.32 Å². The van der Waals surface area contributed by atoms with Crippen LogP contribution < -0.4 is 5.32 Å². The number of piperazine rings is 1. The highest BCUT2D eigenvalue weighted by molar-refractivity contribution is 6.34. The first-order valence-electron chi connectivity index (χ1n) is 11.4. The van der Waals surface area contributed by atoms with Gasteiger partial charge in [0.05, 0.1) is 16.8 Å². The minimum atomic E-state index is -0.269. The van der Waals surface area contributed by atoms with Crippen LogP contribution in [-0.4, -0.2) is 71.8 Å². The SMILES string of the molecule is CN(C(=O)c1ccc(NC(=O)N2CCN(C(=O)c3ccco3)CC2)cc1Cl)C1CCCCC1. The molecule has 0 atom stereocenters. The Morgan fingerprint density at radius 1 is 1.03 bits per heavy atom. The lowest BCUT2D eigenvalue weighted by Crippen LogP contribution is -2.51. The number of anilines is 1. The van der Waals surface area contributed by atoms with Gasteiger partial charge >= 0.3 is 6.03 Å². The summed E-state index contributed by atoms with van der Waals surface area (Å²) in [5.74, 6) is 0.0266. The molecular formula is C24H29ClN4O4. The van der Waals surface area contributed by atoms with Crippen LogP contribution in [0.15, 0.2) is 41.0 Å². The van der Waals surface area contributed by atoms with E-state index < -0.39 is 0 Å². The standard InChI is InChI=1S/C24H29ClN4O4/c1-27(18-6-3-2-4-7-18)22(30)19-10-9-17(16-20(19)25)26-24(32)29-13-11-28(12-14-29)23(31)21-8-5-15-33-21/h5,8-10,15-16,18H,2-4,6-7,11-14H2,1H3,(H,26,32). The lowest BCUT2D eigenvalue weighted by Gasteiger charge is -2.34. The van der Waals surface area contributed by atoms with E-state index in [1.807, 2.05) is 7.05 Å². The van der Waals surface area contributed by atoms with Gasteiger partial charge in [0.1, 0.15) is 0 Å². The third-order valence-corrected chi connectivity index (χ3v) is 6.79. The molecule has 0 spiro atoms. The first-order chi connectivity index (χ1) is 15.9. The molecule has 1 aliphatic heterocycles. The summed E-state index contributed by atoms with van der Waals surface area (Å²) in [6, 6.07) is 8.26. The monoisotopic (exact) mass is 472 g/mol. The molecule has 176 valence electrons. The lowest BCUT2D eigenvalue weighted by molar-refractivity contribution is 0.0640. The van der Waals surface area contributed by atoms with E-state index in [0.29, 0.717) is 48.2 Å². The van der Waals surface area contributed by atoms with Crippen LogP contribution >= 0.6 is 11.6 Å². The molecular weight excluding hydrogens is 444 g/mol. The van der Waals surface area contributed by atoms with Crippen LogP contribution in [0.2, 0.25) is 5.02 Å². The fourth-order valence-corrected chi connectivity index (χ4v) is 4.72. The Hall–Kier alpha value is -3.00. The van der Waals surface area contributed by atoms with E-state index in [1.165, 1.54) is 12.7 Å². The molecule has 2 aromatic rings. The molecule has 1 aliphatic carbocycles. The van der Waals surface area contributed by atoms with Crippen LogP contribution in [0.3, 0.4) is 0 Å². The largest absolute Gasteiger partial charge is 0.459 e. The molecule has 8 nitrogen and oxygen atoms in total. The van der Waals surface area contributed by atoms with Crippen molar-refractivity contribution < 1.29 is 18.8 Å². The number of halogens is 1. The van der Waals surface area contributed by atoms with Gasteiger partial charge < -0.3 is 24.4 Å². The number of urea groups is 1. The van der Waals surface area contributed by atoms with Crippen molar-refractivity contribution in [2.45, 2.75) is 38.1 Å². The summed E-state index contributed by atoms with van der Waals surface area (Å²) in [5, 5.41) is 3.15. The zero-order chi connectivity index (χ0) is 23.4. The highest BCUT2D eigenvalue weighted by atomic mass is 35.5. The van der Waals surface area contributed by atoms with E-state index in [4.69, 9.17) is 16.0 Å². The van der Waals surface area contributed by atoms with E-state index in [0.717, 1.165) is 25.7 Å². The number of hydrogen-bond acceptors (Lipinski definition) is 4. The van der Waals surface area contributed by atoms with Gasteiger partial charge in [0, 0.05) is 45.0 Å². The third kappa shape index (κ3) is 5.33. The number of amides is 4. The van der Waals surface area contributed by atoms with E-state index in [-0.39, 0.29) is 23.9 Å². The average molecular weight is 473 g/mol. The third-order valence-electron chi connectivity index (χ3n) is 6.48. The zero-order valence-electron chi connectivity index (χ0n) is 18.8. The average Bonchev–Trinajstić information content (AvgIpc) is 3.38. The molecule has 33 heavy (non-hydrogen) atoms. The van der Waals surface area contributed by atoms with Crippen LogP contribution in [-0.2, 0) is 0 Å². The summed E-state index contributed by atoms with van der Waals surface area (Å²) in [6.07, 6.45) is 7.03. The minimum absolute atomic E-state index is 0.0953. The number of nitrogens with zero attached hydrogens (tertiary/aromatic N) is 3. The second kappa shape index (κ2) is 10.3. The van der Waals surface area contributed by atoms with Crippen molar-refractivity contribution in [3.63, 3.8) is 0 Å². The minimum Gasteiger partial charge on any atom is -0.459 e. The molecule has 0 bridgehead atoms. The second-order valence-electron chi connectivity index (χ2n) is 8.59. The summed E-state index contributed by atoms with van der Waals surface area (Å²) in [6.45, 7) is 1.67. The molecule has 0 radical (unpaired) electrons. The molecule has 2 fully saturated rings. The molecule has 9 heteroatoms. The number of furan rings is 1. The Morgan fingerprint density at radius 2 is 1.73 bits per heavy atom. The Kier molecular flexibility index (Phi) is 7.23. The predicted octanol–water partition coefficient (Wildman–Crippen LogP) is 4.33. The van der Waals surface area contributed by atoms with Gasteiger partial charge in [0.25, 0.3) is 11.8 Å². The Morgan fingerprint density at radius 3 is 2.36 bits per heavy atom. The normalized spacial score (nSPS) is 17.0. The summed E-state index contributed by atoms with van der Waals surface area (Å²) in [5.41, 5.74) is 0.962. The van der Waals surface area contributed by atoms with Gasteiger partial charge in [-0.05, 0) is 43.2 Å². The van der Waals surface area contributed by atoms with Crippen molar-refractivity contribution in [2.75, 3.05) is 38.5 Å². The highest BCUT2D eigenvalue weighted by Crippen LogP contribution is 2.27. The van der Waals surface area contributed by atoms with Crippen molar-refractivity contribution in [2.24, 2.45) is 0 Å². The quantitative estimate of drug-likeness (QED) is 0.717. The van der Waals surface area contributed by atoms with Crippen LogP contribution in [0.25, 0.3) is 0 Å². The molecule has 1 aromatic heterocycles. The summed E-state index contributed by atoms with van der Waals surface area (Å²) >= 11 is 6.41. The van der Waals surface area contributed by atoms with Gasteiger partial charge in [0.2, 0.25) is 0 Å². The molecule has 2 aliphatic rings. The molecule has 4 rings (SSSR count).